The number of amides is 1. The van der Waals surface area contributed by atoms with Gasteiger partial charge in [0.15, 0.2) is 0 Å². The maximum absolute atomic E-state index is 12.9. The van der Waals surface area contributed by atoms with Gasteiger partial charge in [0.05, 0.1) is 0 Å². The second kappa shape index (κ2) is 6.49. The summed E-state index contributed by atoms with van der Waals surface area (Å²) >= 11 is 0. The van der Waals surface area contributed by atoms with Gasteiger partial charge in [-0.15, -0.1) is 0 Å². The molecular weight excluding hydrogens is 332 g/mol. The highest BCUT2D eigenvalue weighted by Gasteiger charge is 2.51. The fraction of sp³-hybridized carbons (Fsp3) is 0.458. The average Bonchev–Trinajstić information content (AvgIpc) is 2.73. The van der Waals surface area contributed by atoms with Crippen molar-refractivity contribution in [1.29, 1.82) is 0 Å². The summed E-state index contributed by atoms with van der Waals surface area (Å²) in [5, 5.41) is 3.80. The normalized spacial score (nSPS) is 28.8. The van der Waals surface area contributed by atoms with Gasteiger partial charge in [-0.05, 0) is 73.5 Å². The third-order valence-corrected chi connectivity index (χ3v) is 7.34. The summed E-state index contributed by atoms with van der Waals surface area (Å²) in [6.45, 7) is 1.13. The summed E-state index contributed by atoms with van der Waals surface area (Å²) in [7, 11) is 1.90. The van der Waals surface area contributed by atoms with E-state index in [-0.39, 0.29) is 5.91 Å². The van der Waals surface area contributed by atoms with Crippen LogP contribution in [-0.2, 0) is 11.8 Å². The maximum atomic E-state index is 12.9. The molecule has 3 atom stereocenters. The Bertz CT molecular complexity index is 858. The van der Waals surface area contributed by atoms with Crippen LogP contribution in [0.3, 0.4) is 0 Å². The number of nitrogens with one attached hydrogen (secondary N) is 1. The van der Waals surface area contributed by atoms with Crippen LogP contribution in [0, 0.1) is 5.92 Å². The van der Waals surface area contributed by atoms with Gasteiger partial charge in [0.25, 0.3) is 5.91 Å². The molecule has 2 aromatic rings. The van der Waals surface area contributed by atoms with Crippen LogP contribution in [0.25, 0.3) is 0 Å². The molecule has 1 N–H and O–H groups in total. The van der Waals surface area contributed by atoms with E-state index in [9.17, 15) is 4.79 Å². The largest absolute Gasteiger partial charge is 0.313 e. The second-order valence-corrected chi connectivity index (χ2v) is 8.59. The Labute approximate surface area is 161 Å². The van der Waals surface area contributed by atoms with Crippen molar-refractivity contribution in [3.05, 3.63) is 65.2 Å². The second-order valence-electron chi connectivity index (χ2n) is 8.59. The molecule has 2 bridgehead atoms. The molecule has 1 aliphatic heterocycles. The van der Waals surface area contributed by atoms with E-state index in [1.807, 2.05) is 42.3 Å². The number of hydrogen-bond acceptors (Lipinski definition) is 2. The first-order chi connectivity index (χ1) is 13.2. The third-order valence-electron chi connectivity index (χ3n) is 7.34. The lowest BCUT2D eigenvalue weighted by Crippen LogP contribution is -2.59. The number of piperidine rings is 1. The predicted octanol–water partition coefficient (Wildman–Crippen LogP) is 4.31. The van der Waals surface area contributed by atoms with Crippen LogP contribution in [0.15, 0.2) is 48.5 Å². The standard InChI is InChI=1S/C24H28N2O/c1-26(23(27)17-7-3-2-4-8-17)19-11-10-18-15-22-20-9-5-6-12-24(20,13-14-25-22)21(18)16-19/h2-4,7-8,10-11,16,20,22,25H,5-6,9,12-15H2,1H3/t20-,22+,24+/m0/s1. The molecule has 2 aliphatic carbocycles. The van der Waals surface area contributed by atoms with Crippen molar-refractivity contribution in [1.82, 2.24) is 5.32 Å². The van der Waals surface area contributed by atoms with E-state index in [4.69, 9.17) is 0 Å². The molecule has 0 aromatic heterocycles. The molecule has 2 aromatic carbocycles. The van der Waals surface area contributed by atoms with E-state index >= 15 is 0 Å². The lowest BCUT2D eigenvalue weighted by molar-refractivity contribution is 0.0798. The molecule has 140 valence electrons. The SMILES string of the molecule is CN(C(=O)c1ccccc1)c1ccc2c(c1)[C@@]13CCCC[C@H]1[C@@H](C2)NCC3. The number of fused-ring (bicyclic) bond motifs is 1. The molecule has 27 heavy (non-hydrogen) atoms. The van der Waals surface area contributed by atoms with Gasteiger partial charge >= 0.3 is 0 Å². The van der Waals surface area contributed by atoms with Crippen LogP contribution in [-0.4, -0.2) is 25.5 Å². The Morgan fingerprint density at radius 2 is 1.96 bits per heavy atom. The highest BCUT2D eigenvalue weighted by Crippen LogP contribution is 2.54. The van der Waals surface area contributed by atoms with Crippen molar-refractivity contribution in [3.63, 3.8) is 0 Å². The van der Waals surface area contributed by atoms with Crippen molar-refractivity contribution in [2.45, 2.75) is 50.0 Å². The summed E-state index contributed by atoms with van der Waals surface area (Å²) in [4.78, 5) is 14.7. The monoisotopic (exact) mass is 360 g/mol. The minimum absolute atomic E-state index is 0.0623. The number of rotatable bonds is 2. The van der Waals surface area contributed by atoms with E-state index in [0.717, 1.165) is 30.1 Å². The molecule has 3 nitrogen and oxygen atoms in total. The van der Waals surface area contributed by atoms with Gasteiger partial charge in [-0.25, -0.2) is 0 Å². The molecule has 0 spiro atoms. The third kappa shape index (κ3) is 2.63. The Morgan fingerprint density at radius 1 is 1.11 bits per heavy atom. The van der Waals surface area contributed by atoms with Crippen LogP contribution in [0.4, 0.5) is 5.69 Å². The van der Waals surface area contributed by atoms with E-state index in [1.165, 1.54) is 43.2 Å². The Kier molecular flexibility index (Phi) is 4.08. The van der Waals surface area contributed by atoms with Crippen LogP contribution >= 0.6 is 0 Å². The van der Waals surface area contributed by atoms with Crippen LogP contribution in [0.5, 0.6) is 0 Å². The number of benzene rings is 2. The average molecular weight is 361 g/mol. The van der Waals surface area contributed by atoms with Gasteiger partial charge < -0.3 is 10.2 Å². The van der Waals surface area contributed by atoms with Gasteiger partial charge in [0.1, 0.15) is 0 Å². The first kappa shape index (κ1) is 17.0. The summed E-state index contributed by atoms with van der Waals surface area (Å²) in [5.41, 5.74) is 5.13. The van der Waals surface area contributed by atoms with Gasteiger partial charge in [0.2, 0.25) is 0 Å². The lowest BCUT2D eigenvalue weighted by atomic mass is 9.53. The summed E-state index contributed by atoms with van der Waals surface area (Å²) in [5.74, 6) is 0.824. The minimum atomic E-state index is 0.0623. The van der Waals surface area contributed by atoms with Crippen LogP contribution in [0.1, 0.15) is 53.6 Å². The van der Waals surface area contributed by atoms with Crippen molar-refractivity contribution >= 4 is 11.6 Å². The van der Waals surface area contributed by atoms with Crippen molar-refractivity contribution in [3.8, 4) is 0 Å². The van der Waals surface area contributed by atoms with Gasteiger partial charge in [0, 0.05) is 29.8 Å². The molecule has 0 unspecified atom stereocenters. The quantitative estimate of drug-likeness (QED) is 0.865. The first-order valence-electron chi connectivity index (χ1n) is 10.4. The topological polar surface area (TPSA) is 32.3 Å². The fourth-order valence-electron chi connectivity index (χ4n) is 6.01. The lowest BCUT2D eigenvalue weighted by Gasteiger charge is -2.56. The van der Waals surface area contributed by atoms with E-state index < -0.39 is 0 Å². The van der Waals surface area contributed by atoms with E-state index in [0.29, 0.717) is 11.5 Å². The zero-order valence-electron chi connectivity index (χ0n) is 16.1. The number of hydrogen-bond donors (Lipinski definition) is 1. The zero-order valence-corrected chi connectivity index (χ0v) is 16.1. The van der Waals surface area contributed by atoms with Crippen molar-refractivity contribution < 1.29 is 4.79 Å². The molecule has 1 saturated carbocycles. The van der Waals surface area contributed by atoms with E-state index in [2.05, 4.69) is 23.5 Å². The Balaban J connectivity index is 1.54. The Hall–Kier alpha value is -2.13. The van der Waals surface area contributed by atoms with Crippen LogP contribution < -0.4 is 10.2 Å². The van der Waals surface area contributed by atoms with Gasteiger partial charge in [-0.3, -0.25) is 4.79 Å². The number of nitrogens with zero attached hydrogens (tertiary/aromatic N) is 1. The smallest absolute Gasteiger partial charge is 0.258 e. The Morgan fingerprint density at radius 3 is 2.81 bits per heavy atom. The molecule has 5 rings (SSSR count). The molecule has 0 radical (unpaired) electrons. The molecule has 1 amide bonds. The summed E-state index contributed by atoms with van der Waals surface area (Å²) < 4.78 is 0. The van der Waals surface area contributed by atoms with E-state index in [1.54, 1.807) is 0 Å². The van der Waals surface area contributed by atoms with Gasteiger partial charge in [-0.1, -0.05) is 37.1 Å². The predicted molar refractivity (Wildman–Crippen MR) is 109 cm³/mol. The van der Waals surface area contributed by atoms with Crippen molar-refractivity contribution in [2.75, 3.05) is 18.5 Å². The first-order valence-corrected chi connectivity index (χ1v) is 10.4. The number of carbonyl (C=O) groups excluding carboxylic acids is 1. The van der Waals surface area contributed by atoms with Crippen LogP contribution in [0.2, 0.25) is 0 Å². The van der Waals surface area contributed by atoms with Crippen molar-refractivity contribution in [2.24, 2.45) is 5.92 Å². The molecule has 3 heteroatoms. The highest BCUT2D eigenvalue weighted by molar-refractivity contribution is 6.05. The number of carbonyl (C=O) groups is 1. The summed E-state index contributed by atoms with van der Waals surface area (Å²) in [6.07, 6.45) is 7.74. The molecular formula is C24H28N2O. The fourth-order valence-corrected chi connectivity index (χ4v) is 6.01. The molecule has 1 saturated heterocycles. The number of anilines is 1. The van der Waals surface area contributed by atoms with Gasteiger partial charge in [-0.2, -0.15) is 0 Å². The molecule has 1 heterocycles. The zero-order chi connectivity index (χ0) is 18.4. The minimum Gasteiger partial charge on any atom is -0.313 e. The summed E-state index contributed by atoms with van der Waals surface area (Å²) in [6, 6.07) is 17.0. The maximum Gasteiger partial charge on any atom is 0.258 e. The molecule has 2 fully saturated rings. The highest BCUT2D eigenvalue weighted by atomic mass is 16.2. The molecule has 3 aliphatic rings.